The fraction of sp³-hybridized carbons (Fsp3) is 0.200. The first-order valence-electron chi connectivity index (χ1n) is 3.78. The van der Waals surface area contributed by atoms with E-state index in [1.807, 2.05) is 13.0 Å². The first kappa shape index (κ1) is 10.3. The number of hydrogen-bond acceptors (Lipinski definition) is 1. The smallest absolute Gasteiger partial charge is 0.147 e. The lowest BCUT2D eigenvalue weighted by Gasteiger charge is -2.07. The number of aryl methyl sites for hydroxylation is 1. The molecule has 0 aromatic heterocycles. The Hall–Kier alpha value is -0.760. The number of benzene rings is 1. The highest BCUT2D eigenvalue weighted by molar-refractivity contribution is 14.1. The van der Waals surface area contributed by atoms with E-state index < -0.39 is 0 Å². The van der Waals surface area contributed by atoms with Crippen molar-refractivity contribution in [1.29, 1.82) is 0 Å². The van der Waals surface area contributed by atoms with Crippen LogP contribution in [0.15, 0.2) is 12.1 Å². The van der Waals surface area contributed by atoms with Crippen molar-refractivity contribution in [1.82, 2.24) is 0 Å². The topological polar surface area (TPSA) is 12.0 Å². The Kier molecular flexibility index (Phi) is 3.55. The normalized spacial score (nSPS) is 9.38. The fourth-order valence-corrected chi connectivity index (χ4v) is 1.95. The minimum absolute atomic E-state index is 0.250. The first-order valence-corrected chi connectivity index (χ1v) is 4.86. The van der Waals surface area contributed by atoms with Gasteiger partial charge in [0, 0.05) is 3.57 Å². The molecule has 0 saturated carbocycles. The van der Waals surface area contributed by atoms with Crippen molar-refractivity contribution in [3.05, 3.63) is 27.1 Å². The van der Waals surface area contributed by atoms with Gasteiger partial charge in [-0.05, 0) is 47.2 Å². The minimum Gasteiger partial charge on any atom is -0.371 e. The van der Waals surface area contributed by atoms with Crippen LogP contribution >= 0.6 is 22.6 Å². The molecule has 0 saturated heterocycles. The monoisotopic (exact) mass is 289 g/mol. The lowest BCUT2D eigenvalue weighted by molar-refractivity contribution is 0.629. The summed E-state index contributed by atoms with van der Waals surface area (Å²) in [5, 5.41) is 2.84. The summed E-state index contributed by atoms with van der Waals surface area (Å²) in [7, 11) is 0. The van der Waals surface area contributed by atoms with Gasteiger partial charge >= 0.3 is 0 Å². The molecule has 3 heteroatoms. The molecule has 1 rings (SSSR count). The average Bonchev–Trinajstić information content (AvgIpc) is 2.02. The van der Waals surface area contributed by atoms with Crippen LogP contribution in [0, 0.1) is 28.7 Å². The van der Waals surface area contributed by atoms with Gasteiger partial charge in [-0.3, -0.25) is 0 Å². The highest BCUT2D eigenvalue weighted by Crippen LogP contribution is 2.23. The zero-order valence-electron chi connectivity index (χ0n) is 7.20. The van der Waals surface area contributed by atoms with E-state index in [0.29, 0.717) is 12.2 Å². The minimum atomic E-state index is -0.250. The molecule has 0 aliphatic rings. The first-order chi connectivity index (χ1) is 6.15. The molecule has 0 atom stereocenters. The molecule has 0 heterocycles. The number of halogens is 2. The quantitative estimate of drug-likeness (QED) is 0.652. The number of anilines is 1. The standard InChI is InChI=1S/C10H9FIN/c1-3-4-13-10-8(11)5-7(2)6-9(10)12/h1,5-6,13H,4H2,2H3. The van der Waals surface area contributed by atoms with Gasteiger partial charge in [0.05, 0.1) is 12.2 Å². The molecule has 68 valence electrons. The van der Waals surface area contributed by atoms with Crippen molar-refractivity contribution in [2.24, 2.45) is 0 Å². The van der Waals surface area contributed by atoms with Crippen LogP contribution in [-0.4, -0.2) is 6.54 Å². The second-order valence-electron chi connectivity index (χ2n) is 2.66. The summed E-state index contributed by atoms with van der Waals surface area (Å²) in [6, 6.07) is 3.39. The van der Waals surface area contributed by atoms with E-state index in [1.165, 1.54) is 6.07 Å². The van der Waals surface area contributed by atoms with E-state index in [1.54, 1.807) is 0 Å². The average molecular weight is 289 g/mol. The van der Waals surface area contributed by atoms with Crippen molar-refractivity contribution in [3.63, 3.8) is 0 Å². The molecule has 13 heavy (non-hydrogen) atoms. The molecular weight excluding hydrogens is 280 g/mol. The van der Waals surface area contributed by atoms with Crippen molar-refractivity contribution in [2.45, 2.75) is 6.92 Å². The van der Waals surface area contributed by atoms with E-state index >= 15 is 0 Å². The lowest BCUT2D eigenvalue weighted by atomic mass is 10.2. The largest absolute Gasteiger partial charge is 0.371 e. The third-order valence-corrected chi connectivity index (χ3v) is 2.40. The van der Waals surface area contributed by atoms with E-state index in [-0.39, 0.29) is 5.82 Å². The summed E-state index contributed by atoms with van der Waals surface area (Å²) in [5.41, 5.74) is 1.40. The van der Waals surface area contributed by atoms with E-state index in [9.17, 15) is 4.39 Å². The van der Waals surface area contributed by atoms with Crippen LogP contribution in [-0.2, 0) is 0 Å². The molecule has 1 aromatic carbocycles. The Morgan fingerprint density at radius 2 is 2.31 bits per heavy atom. The highest BCUT2D eigenvalue weighted by atomic mass is 127. The van der Waals surface area contributed by atoms with Gasteiger partial charge in [0.2, 0.25) is 0 Å². The second-order valence-corrected chi connectivity index (χ2v) is 3.82. The van der Waals surface area contributed by atoms with Gasteiger partial charge in [0.1, 0.15) is 5.82 Å². The van der Waals surface area contributed by atoms with E-state index in [0.717, 1.165) is 9.13 Å². The van der Waals surface area contributed by atoms with Crippen LogP contribution in [0.2, 0.25) is 0 Å². The summed E-state index contributed by atoms with van der Waals surface area (Å²) < 4.78 is 14.2. The predicted molar refractivity (Wildman–Crippen MR) is 61.2 cm³/mol. The van der Waals surface area contributed by atoms with Crippen molar-refractivity contribution >= 4 is 28.3 Å². The molecule has 1 nitrogen and oxygen atoms in total. The number of nitrogens with one attached hydrogen (secondary N) is 1. The molecule has 0 amide bonds. The summed E-state index contributed by atoms with van der Waals surface area (Å²) in [4.78, 5) is 0. The molecule has 0 spiro atoms. The Morgan fingerprint density at radius 1 is 1.62 bits per heavy atom. The molecule has 0 radical (unpaired) electrons. The number of hydrogen-bond donors (Lipinski definition) is 1. The Labute approximate surface area is 90.9 Å². The molecular formula is C10H9FIN. The zero-order chi connectivity index (χ0) is 9.84. The summed E-state index contributed by atoms with van der Waals surface area (Å²) >= 11 is 2.08. The van der Waals surface area contributed by atoms with Crippen molar-refractivity contribution < 1.29 is 4.39 Å². The molecule has 1 N–H and O–H groups in total. The Morgan fingerprint density at radius 3 is 2.85 bits per heavy atom. The SMILES string of the molecule is C#CCNc1c(F)cc(C)cc1I. The van der Waals surface area contributed by atoms with Crippen LogP contribution < -0.4 is 5.32 Å². The molecule has 0 aliphatic carbocycles. The van der Waals surface area contributed by atoms with Gasteiger partial charge < -0.3 is 5.32 Å². The van der Waals surface area contributed by atoms with Gasteiger partial charge in [-0.25, -0.2) is 4.39 Å². The molecule has 0 bridgehead atoms. The maximum atomic E-state index is 13.3. The van der Waals surface area contributed by atoms with Crippen LogP contribution in [0.25, 0.3) is 0 Å². The van der Waals surface area contributed by atoms with Crippen molar-refractivity contribution in [3.8, 4) is 12.3 Å². The van der Waals surface area contributed by atoms with Crippen LogP contribution in [0.4, 0.5) is 10.1 Å². The molecule has 0 aliphatic heterocycles. The summed E-state index contributed by atoms with van der Waals surface area (Å²) in [6.45, 7) is 2.20. The number of rotatable bonds is 2. The Bertz CT molecular complexity index is 331. The molecule has 1 aromatic rings. The van der Waals surface area contributed by atoms with Gasteiger partial charge in [-0.2, -0.15) is 0 Å². The van der Waals surface area contributed by atoms with Gasteiger partial charge in [-0.1, -0.05) is 5.92 Å². The van der Waals surface area contributed by atoms with Crippen LogP contribution in [0.5, 0.6) is 0 Å². The molecule has 0 unspecified atom stereocenters. The Balaban J connectivity index is 3.00. The maximum absolute atomic E-state index is 13.3. The molecule has 0 fully saturated rings. The third-order valence-electron chi connectivity index (χ3n) is 1.55. The highest BCUT2D eigenvalue weighted by Gasteiger charge is 2.05. The summed E-state index contributed by atoms with van der Waals surface area (Å²) in [5.74, 6) is 2.15. The predicted octanol–water partition coefficient (Wildman–Crippen LogP) is 2.78. The second kappa shape index (κ2) is 4.47. The van der Waals surface area contributed by atoms with E-state index in [4.69, 9.17) is 6.42 Å². The van der Waals surface area contributed by atoms with Crippen LogP contribution in [0.1, 0.15) is 5.56 Å². The van der Waals surface area contributed by atoms with E-state index in [2.05, 4.69) is 33.8 Å². The van der Waals surface area contributed by atoms with Gasteiger partial charge in [0.25, 0.3) is 0 Å². The van der Waals surface area contributed by atoms with Gasteiger partial charge in [0.15, 0.2) is 0 Å². The maximum Gasteiger partial charge on any atom is 0.147 e. The van der Waals surface area contributed by atoms with Gasteiger partial charge in [-0.15, -0.1) is 6.42 Å². The lowest BCUT2D eigenvalue weighted by Crippen LogP contribution is -2.03. The van der Waals surface area contributed by atoms with Crippen molar-refractivity contribution in [2.75, 3.05) is 11.9 Å². The van der Waals surface area contributed by atoms with Crippen LogP contribution in [0.3, 0.4) is 0 Å². The summed E-state index contributed by atoms with van der Waals surface area (Å²) in [6.07, 6.45) is 5.07. The fourth-order valence-electron chi connectivity index (χ4n) is 1.01. The zero-order valence-corrected chi connectivity index (χ0v) is 9.35. The number of terminal acetylenes is 1. The third kappa shape index (κ3) is 2.59.